The van der Waals surface area contributed by atoms with Crippen LogP contribution in [0.15, 0.2) is 9.59 Å². The fraction of sp³-hybridized carbons (Fsp3) is 0.643. The molecule has 0 saturated carbocycles. The molecule has 2 heterocycles. The number of unbranched alkanes of at least 4 members (excludes halogenated alkanes) is 1. The van der Waals surface area contributed by atoms with Crippen LogP contribution >= 0.6 is 0 Å². The lowest BCUT2D eigenvalue weighted by Gasteiger charge is -2.09. The molecule has 0 aromatic carbocycles. The van der Waals surface area contributed by atoms with Crippen LogP contribution in [0.2, 0.25) is 0 Å². The van der Waals surface area contributed by atoms with Gasteiger partial charge >= 0.3 is 5.69 Å². The van der Waals surface area contributed by atoms with E-state index in [9.17, 15) is 9.59 Å². The van der Waals surface area contributed by atoms with Gasteiger partial charge in [-0.25, -0.2) is 9.78 Å². The van der Waals surface area contributed by atoms with Gasteiger partial charge in [-0.15, -0.1) is 0 Å². The third-order valence-electron chi connectivity index (χ3n) is 3.78. The van der Waals surface area contributed by atoms with Crippen molar-refractivity contribution >= 4 is 11.2 Å². The second kappa shape index (κ2) is 6.26. The van der Waals surface area contributed by atoms with E-state index in [0.29, 0.717) is 30.8 Å². The molecule has 0 aliphatic carbocycles. The first-order valence-corrected chi connectivity index (χ1v) is 7.45. The summed E-state index contributed by atoms with van der Waals surface area (Å²) < 4.78 is 4.65. The van der Waals surface area contributed by atoms with Gasteiger partial charge in [0.1, 0.15) is 5.82 Å². The van der Waals surface area contributed by atoms with Gasteiger partial charge in [-0.2, -0.15) is 0 Å². The Bertz CT molecular complexity index is 753. The summed E-state index contributed by atoms with van der Waals surface area (Å²) in [6, 6.07) is 0. The molecule has 0 aliphatic rings. The first-order valence-electron chi connectivity index (χ1n) is 7.45. The van der Waals surface area contributed by atoms with Gasteiger partial charge in [-0.05, 0) is 26.3 Å². The minimum absolute atomic E-state index is 0.278. The highest BCUT2D eigenvalue weighted by Crippen LogP contribution is 2.13. The first kappa shape index (κ1) is 15.5. The van der Waals surface area contributed by atoms with Crippen LogP contribution in [0, 0.1) is 0 Å². The standard InChI is InChI=1S/C14H23N5O2/c1-4-10-16-12-11(19(10)9-7-6-8-15)13(20)17(3)14(21)18(12)5-2/h4-9,15H2,1-3H3. The fourth-order valence-corrected chi connectivity index (χ4v) is 2.61. The van der Waals surface area contributed by atoms with Crippen molar-refractivity contribution in [1.29, 1.82) is 0 Å². The molecule has 0 amide bonds. The van der Waals surface area contributed by atoms with Crippen molar-refractivity contribution in [3.8, 4) is 0 Å². The Morgan fingerprint density at radius 3 is 2.43 bits per heavy atom. The van der Waals surface area contributed by atoms with E-state index in [2.05, 4.69) is 4.98 Å². The fourth-order valence-electron chi connectivity index (χ4n) is 2.61. The molecule has 0 aliphatic heterocycles. The number of fused-ring (bicyclic) bond motifs is 1. The minimum atomic E-state index is -0.315. The Hall–Kier alpha value is -1.89. The van der Waals surface area contributed by atoms with Crippen molar-refractivity contribution in [2.75, 3.05) is 6.54 Å². The largest absolute Gasteiger partial charge is 0.332 e. The van der Waals surface area contributed by atoms with Crippen LogP contribution in [-0.2, 0) is 26.6 Å². The lowest BCUT2D eigenvalue weighted by molar-refractivity contribution is 0.600. The Balaban J connectivity index is 2.75. The molecule has 7 nitrogen and oxygen atoms in total. The lowest BCUT2D eigenvalue weighted by Crippen LogP contribution is -2.38. The van der Waals surface area contributed by atoms with E-state index in [1.807, 2.05) is 18.4 Å². The second-order valence-corrected chi connectivity index (χ2v) is 5.09. The molecule has 2 N–H and O–H groups in total. The van der Waals surface area contributed by atoms with E-state index in [4.69, 9.17) is 5.73 Å². The Kier molecular flexibility index (Phi) is 4.62. The highest BCUT2D eigenvalue weighted by molar-refractivity contribution is 5.71. The van der Waals surface area contributed by atoms with Gasteiger partial charge < -0.3 is 10.3 Å². The molecule has 2 rings (SSSR count). The number of nitrogens with two attached hydrogens (primary N) is 1. The molecule has 0 spiro atoms. The molecular weight excluding hydrogens is 270 g/mol. The Labute approximate surface area is 123 Å². The van der Waals surface area contributed by atoms with E-state index in [1.54, 1.807) is 4.57 Å². The molecule has 0 fully saturated rings. The summed E-state index contributed by atoms with van der Waals surface area (Å²) in [6.07, 6.45) is 2.51. The topological polar surface area (TPSA) is 87.8 Å². The van der Waals surface area contributed by atoms with Crippen molar-refractivity contribution in [1.82, 2.24) is 18.7 Å². The molecule has 0 saturated heterocycles. The number of hydrogen-bond donors (Lipinski definition) is 1. The minimum Gasteiger partial charge on any atom is -0.330 e. The van der Waals surface area contributed by atoms with Gasteiger partial charge in [0.15, 0.2) is 11.2 Å². The summed E-state index contributed by atoms with van der Waals surface area (Å²) >= 11 is 0. The van der Waals surface area contributed by atoms with Gasteiger partial charge in [0.05, 0.1) is 0 Å². The summed E-state index contributed by atoms with van der Waals surface area (Å²) in [5, 5.41) is 0. The molecular formula is C14H23N5O2. The van der Waals surface area contributed by atoms with E-state index in [1.165, 1.54) is 7.05 Å². The van der Waals surface area contributed by atoms with Crippen molar-refractivity contribution in [2.24, 2.45) is 12.8 Å². The summed E-state index contributed by atoms with van der Waals surface area (Å²) in [6.45, 7) is 5.70. The van der Waals surface area contributed by atoms with Gasteiger partial charge in [0.2, 0.25) is 0 Å². The third-order valence-corrected chi connectivity index (χ3v) is 3.78. The third kappa shape index (κ3) is 2.53. The summed E-state index contributed by atoms with van der Waals surface area (Å²) in [5.41, 5.74) is 5.96. The second-order valence-electron chi connectivity index (χ2n) is 5.09. The van der Waals surface area contributed by atoms with Crippen LogP contribution in [0.3, 0.4) is 0 Å². The number of aryl methyl sites for hydroxylation is 3. The van der Waals surface area contributed by atoms with Crippen LogP contribution in [0.1, 0.15) is 32.5 Å². The first-order chi connectivity index (χ1) is 10.1. The van der Waals surface area contributed by atoms with Crippen LogP contribution < -0.4 is 17.0 Å². The molecule has 0 atom stereocenters. The maximum atomic E-state index is 12.5. The molecule has 0 bridgehead atoms. The van der Waals surface area contributed by atoms with Crippen LogP contribution in [0.4, 0.5) is 0 Å². The van der Waals surface area contributed by atoms with E-state index >= 15 is 0 Å². The highest BCUT2D eigenvalue weighted by Gasteiger charge is 2.18. The number of imidazole rings is 1. The number of aromatic nitrogens is 4. The molecule has 2 aromatic rings. The van der Waals surface area contributed by atoms with Gasteiger partial charge in [-0.1, -0.05) is 6.92 Å². The molecule has 2 aromatic heterocycles. The highest BCUT2D eigenvalue weighted by atomic mass is 16.2. The quantitative estimate of drug-likeness (QED) is 0.772. The summed E-state index contributed by atoms with van der Waals surface area (Å²) in [4.78, 5) is 29.2. The van der Waals surface area contributed by atoms with E-state index in [0.717, 1.165) is 29.7 Å². The van der Waals surface area contributed by atoms with Gasteiger partial charge in [0, 0.05) is 26.6 Å². The molecule has 21 heavy (non-hydrogen) atoms. The maximum Gasteiger partial charge on any atom is 0.332 e. The van der Waals surface area contributed by atoms with E-state index in [-0.39, 0.29) is 11.2 Å². The number of hydrogen-bond acceptors (Lipinski definition) is 4. The molecule has 7 heteroatoms. The summed E-state index contributed by atoms with van der Waals surface area (Å²) in [7, 11) is 1.51. The van der Waals surface area contributed by atoms with E-state index < -0.39 is 0 Å². The Morgan fingerprint density at radius 1 is 1.14 bits per heavy atom. The van der Waals surface area contributed by atoms with Crippen LogP contribution in [-0.4, -0.2) is 25.2 Å². The predicted octanol–water partition coefficient (Wildman–Crippen LogP) is 0.218. The molecule has 0 radical (unpaired) electrons. The average Bonchev–Trinajstić information content (AvgIpc) is 2.84. The van der Waals surface area contributed by atoms with Crippen molar-refractivity contribution < 1.29 is 0 Å². The maximum absolute atomic E-state index is 12.5. The van der Waals surface area contributed by atoms with Gasteiger partial charge in [-0.3, -0.25) is 13.9 Å². The lowest BCUT2D eigenvalue weighted by atomic mass is 10.3. The zero-order chi connectivity index (χ0) is 15.6. The average molecular weight is 293 g/mol. The van der Waals surface area contributed by atoms with Crippen LogP contribution in [0.25, 0.3) is 11.2 Å². The number of rotatable bonds is 6. The SMILES string of the molecule is CCc1nc2c(c(=O)n(C)c(=O)n2CC)n1CCCCN. The van der Waals surface area contributed by atoms with Crippen molar-refractivity contribution in [2.45, 2.75) is 46.2 Å². The Morgan fingerprint density at radius 2 is 1.86 bits per heavy atom. The summed E-state index contributed by atoms with van der Waals surface area (Å²) in [5.74, 6) is 0.840. The monoisotopic (exact) mass is 293 g/mol. The van der Waals surface area contributed by atoms with Crippen molar-refractivity contribution in [3.63, 3.8) is 0 Å². The normalized spacial score (nSPS) is 11.4. The molecule has 0 unspecified atom stereocenters. The molecule has 116 valence electrons. The number of nitrogens with zero attached hydrogens (tertiary/aromatic N) is 4. The van der Waals surface area contributed by atoms with Crippen molar-refractivity contribution in [3.05, 3.63) is 26.7 Å². The van der Waals surface area contributed by atoms with Crippen LogP contribution in [0.5, 0.6) is 0 Å². The zero-order valence-corrected chi connectivity index (χ0v) is 12.9. The van der Waals surface area contributed by atoms with Gasteiger partial charge in [0.25, 0.3) is 5.56 Å². The predicted molar refractivity (Wildman–Crippen MR) is 82.6 cm³/mol. The zero-order valence-electron chi connectivity index (χ0n) is 12.9. The smallest absolute Gasteiger partial charge is 0.330 e.